The predicted molar refractivity (Wildman–Crippen MR) is 132 cm³/mol. The van der Waals surface area contributed by atoms with Crippen LogP contribution in [-0.4, -0.2) is 7.11 Å². The van der Waals surface area contributed by atoms with Crippen LogP contribution in [0, 0.1) is 22.7 Å². The zero-order chi connectivity index (χ0) is 23.0. The van der Waals surface area contributed by atoms with E-state index in [4.69, 9.17) is 10.00 Å². The molecule has 0 radical (unpaired) electrons. The minimum Gasteiger partial charge on any atom is -0.495 e. The fourth-order valence-electron chi connectivity index (χ4n) is 3.61. The van der Waals surface area contributed by atoms with Crippen LogP contribution < -0.4 is 9.64 Å². The topological polar surface area (TPSA) is 60.0 Å². The molecule has 0 aromatic heterocycles. The van der Waals surface area contributed by atoms with E-state index in [1.807, 2.05) is 66.7 Å². The first kappa shape index (κ1) is 21.4. The van der Waals surface area contributed by atoms with Gasteiger partial charge in [0.1, 0.15) is 5.75 Å². The van der Waals surface area contributed by atoms with Gasteiger partial charge in [0.15, 0.2) is 0 Å². The second-order valence-electron chi connectivity index (χ2n) is 7.29. The van der Waals surface area contributed by atoms with Gasteiger partial charge in [-0.15, -0.1) is 0 Å². The van der Waals surface area contributed by atoms with Crippen molar-refractivity contribution in [3.63, 3.8) is 0 Å². The summed E-state index contributed by atoms with van der Waals surface area (Å²) in [7, 11) is 1.67. The summed E-state index contributed by atoms with van der Waals surface area (Å²) < 4.78 is 5.62. The standard InChI is InChI=1S/C29H21N3O/c1-33-29-10-6-5-9-28(29)32(26-7-3-2-4-8-26)27-17-13-22(14-18-27)11-15-24-19-23(20-30)12-16-25(24)21-31/h2-19H,1H3/b15-11+. The van der Waals surface area contributed by atoms with E-state index in [1.165, 1.54) is 0 Å². The van der Waals surface area contributed by atoms with Gasteiger partial charge in [0.2, 0.25) is 0 Å². The Morgan fingerprint density at radius 3 is 2.12 bits per heavy atom. The van der Waals surface area contributed by atoms with Crippen molar-refractivity contribution in [1.82, 2.24) is 0 Å². The van der Waals surface area contributed by atoms with Gasteiger partial charge in [-0.25, -0.2) is 0 Å². The summed E-state index contributed by atoms with van der Waals surface area (Å²) in [4.78, 5) is 2.15. The van der Waals surface area contributed by atoms with Crippen LogP contribution in [0.2, 0.25) is 0 Å². The molecule has 0 saturated heterocycles. The van der Waals surface area contributed by atoms with Crippen molar-refractivity contribution in [2.24, 2.45) is 0 Å². The van der Waals surface area contributed by atoms with Gasteiger partial charge in [0, 0.05) is 11.4 Å². The molecule has 4 aromatic rings. The highest BCUT2D eigenvalue weighted by Gasteiger charge is 2.15. The number of benzene rings is 4. The van der Waals surface area contributed by atoms with E-state index in [9.17, 15) is 5.26 Å². The second-order valence-corrected chi connectivity index (χ2v) is 7.29. The molecule has 0 saturated carbocycles. The molecule has 0 atom stereocenters. The smallest absolute Gasteiger partial charge is 0.142 e. The average molecular weight is 428 g/mol. The molecule has 4 heteroatoms. The number of hydrogen-bond acceptors (Lipinski definition) is 4. The number of anilines is 3. The first-order valence-corrected chi connectivity index (χ1v) is 10.4. The van der Waals surface area contributed by atoms with Crippen LogP contribution in [0.1, 0.15) is 22.3 Å². The van der Waals surface area contributed by atoms with Gasteiger partial charge in [0.25, 0.3) is 0 Å². The molecule has 4 aromatic carbocycles. The molecule has 0 heterocycles. The van der Waals surface area contributed by atoms with E-state index < -0.39 is 0 Å². The summed E-state index contributed by atoms with van der Waals surface area (Å²) in [6, 6.07) is 35.6. The number of methoxy groups -OCH3 is 1. The van der Waals surface area contributed by atoms with Crippen molar-refractivity contribution in [1.29, 1.82) is 10.5 Å². The molecule has 0 aliphatic heterocycles. The Morgan fingerprint density at radius 1 is 0.727 bits per heavy atom. The highest BCUT2D eigenvalue weighted by molar-refractivity contribution is 5.81. The molecule has 158 valence electrons. The molecular formula is C29H21N3O. The Balaban J connectivity index is 1.69. The lowest BCUT2D eigenvalue weighted by Crippen LogP contribution is -2.11. The largest absolute Gasteiger partial charge is 0.495 e. The molecule has 0 spiro atoms. The number of para-hydroxylation sites is 3. The summed E-state index contributed by atoms with van der Waals surface area (Å²) in [5, 5.41) is 18.5. The third-order valence-corrected chi connectivity index (χ3v) is 5.25. The lowest BCUT2D eigenvalue weighted by atomic mass is 10.0. The maximum Gasteiger partial charge on any atom is 0.142 e. The highest BCUT2D eigenvalue weighted by atomic mass is 16.5. The summed E-state index contributed by atoms with van der Waals surface area (Å²) in [5.41, 5.74) is 5.73. The quantitative estimate of drug-likeness (QED) is 0.309. The van der Waals surface area contributed by atoms with Gasteiger partial charge in [-0.3, -0.25) is 0 Å². The van der Waals surface area contributed by atoms with Crippen LogP contribution in [0.4, 0.5) is 17.1 Å². The number of ether oxygens (including phenoxy) is 1. The normalized spacial score (nSPS) is 10.4. The van der Waals surface area contributed by atoms with Crippen molar-refractivity contribution in [3.8, 4) is 17.9 Å². The van der Waals surface area contributed by atoms with Crippen molar-refractivity contribution < 1.29 is 4.74 Å². The fourth-order valence-corrected chi connectivity index (χ4v) is 3.61. The Kier molecular flexibility index (Phi) is 6.50. The Hall–Kier alpha value is -4.80. The molecule has 0 fully saturated rings. The minimum absolute atomic E-state index is 0.527. The third kappa shape index (κ3) is 4.77. The van der Waals surface area contributed by atoms with Gasteiger partial charge in [0.05, 0.1) is 36.1 Å². The van der Waals surface area contributed by atoms with Crippen molar-refractivity contribution >= 4 is 29.2 Å². The van der Waals surface area contributed by atoms with Crippen molar-refractivity contribution in [2.75, 3.05) is 12.0 Å². The summed E-state index contributed by atoms with van der Waals surface area (Å²) in [5.74, 6) is 0.784. The van der Waals surface area contributed by atoms with Crippen LogP contribution in [0.3, 0.4) is 0 Å². The van der Waals surface area contributed by atoms with E-state index in [0.717, 1.165) is 33.9 Å². The number of nitrogens with zero attached hydrogens (tertiary/aromatic N) is 3. The summed E-state index contributed by atoms with van der Waals surface area (Å²) in [6.07, 6.45) is 3.81. The SMILES string of the molecule is COc1ccccc1N(c1ccccc1)c1ccc(/C=C/c2cc(C#N)ccc2C#N)cc1. The monoisotopic (exact) mass is 427 g/mol. The van der Waals surface area contributed by atoms with Crippen LogP contribution in [0.15, 0.2) is 97.1 Å². The van der Waals surface area contributed by atoms with Gasteiger partial charge in [-0.2, -0.15) is 10.5 Å². The van der Waals surface area contributed by atoms with E-state index in [1.54, 1.807) is 25.3 Å². The van der Waals surface area contributed by atoms with Crippen LogP contribution in [0.25, 0.3) is 12.2 Å². The summed E-state index contributed by atoms with van der Waals surface area (Å²) in [6.45, 7) is 0. The Bertz CT molecular complexity index is 1360. The zero-order valence-corrected chi connectivity index (χ0v) is 18.1. The van der Waals surface area contributed by atoms with Crippen molar-refractivity contribution in [3.05, 3.63) is 119 Å². The van der Waals surface area contributed by atoms with Crippen LogP contribution in [0.5, 0.6) is 5.75 Å². The molecule has 0 aliphatic rings. The molecule has 0 amide bonds. The molecule has 4 nitrogen and oxygen atoms in total. The van der Waals surface area contributed by atoms with Crippen LogP contribution in [-0.2, 0) is 0 Å². The molecular weight excluding hydrogens is 406 g/mol. The number of rotatable bonds is 6. The molecule has 4 rings (SSSR count). The van der Waals surface area contributed by atoms with E-state index in [-0.39, 0.29) is 0 Å². The fraction of sp³-hybridized carbons (Fsp3) is 0.0345. The van der Waals surface area contributed by atoms with Crippen molar-refractivity contribution in [2.45, 2.75) is 0 Å². The highest BCUT2D eigenvalue weighted by Crippen LogP contribution is 2.39. The Labute approximate surface area is 193 Å². The van der Waals surface area contributed by atoms with Gasteiger partial charge in [-0.1, -0.05) is 54.6 Å². The van der Waals surface area contributed by atoms with Gasteiger partial charge in [-0.05, 0) is 65.7 Å². The number of nitriles is 2. The molecule has 0 bridgehead atoms. The average Bonchev–Trinajstić information content (AvgIpc) is 2.89. The molecule has 0 unspecified atom stereocenters. The van der Waals surface area contributed by atoms with Gasteiger partial charge < -0.3 is 9.64 Å². The molecule has 0 aliphatic carbocycles. The predicted octanol–water partition coefficient (Wildman–Crippen LogP) is 7.08. The van der Waals surface area contributed by atoms with Crippen LogP contribution >= 0.6 is 0 Å². The van der Waals surface area contributed by atoms with E-state index >= 15 is 0 Å². The third-order valence-electron chi connectivity index (χ3n) is 5.25. The minimum atomic E-state index is 0.527. The molecule has 33 heavy (non-hydrogen) atoms. The van der Waals surface area contributed by atoms with E-state index in [2.05, 4.69) is 41.3 Å². The first-order chi connectivity index (χ1) is 16.2. The summed E-state index contributed by atoms with van der Waals surface area (Å²) >= 11 is 0. The van der Waals surface area contributed by atoms with E-state index in [0.29, 0.717) is 11.1 Å². The van der Waals surface area contributed by atoms with Gasteiger partial charge >= 0.3 is 0 Å². The zero-order valence-electron chi connectivity index (χ0n) is 18.1. The maximum atomic E-state index is 9.35. The number of hydrogen-bond donors (Lipinski definition) is 0. The lowest BCUT2D eigenvalue weighted by molar-refractivity contribution is 0.416. The lowest BCUT2D eigenvalue weighted by Gasteiger charge is -2.27. The Morgan fingerprint density at radius 2 is 1.42 bits per heavy atom. The first-order valence-electron chi connectivity index (χ1n) is 10.4. The molecule has 0 N–H and O–H groups in total. The maximum absolute atomic E-state index is 9.35. The second kappa shape index (κ2) is 10.0.